The predicted octanol–water partition coefficient (Wildman–Crippen LogP) is 0.921. The van der Waals surface area contributed by atoms with Crippen molar-refractivity contribution in [2.75, 3.05) is 7.05 Å². The zero-order valence-corrected chi connectivity index (χ0v) is 5.26. The van der Waals surface area contributed by atoms with Crippen LogP contribution in [0.15, 0.2) is 5.10 Å². The van der Waals surface area contributed by atoms with Gasteiger partial charge in [-0.1, -0.05) is 6.92 Å². The highest BCUT2D eigenvalue weighted by Gasteiger charge is 1.76. The SMILES string of the molecule is CC/C=N\N(C)C=N. The van der Waals surface area contributed by atoms with Crippen LogP contribution < -0.4 is 0 Å². The Balaban J connectivity index is 3.35. The monoisotopic (exact) mass is 113 g/mol. The van der Waals surface area contributed by atoms with Crippen LogP contribution in [0.5, 0.6) is 0 Å². The molecule has 0 aromatic heterocycles. The maximum Gasteiger partial charge on any atom is 0.102 e. The fourth-order valence-electron chi connectivity index (χ4n) is 0.244. The lowest BCUT2D eigenvalue weighted by Crippen LogP contribution is -2.05. The van der Waals surface area contributed by atoms with Crippen molar-refractivity contribution < 1.29 is 0 Å². The van der Waals surface area contributed by atoms with Gasteiger partial charge in [-0.25, -0.2) is 0 Å². The van der Waals surface area contributed by atoms with Crippen molar-refractivity contribution in [1.29, 1.82) is 5.41 Å². The smallest absolute Gasteiger partial charge is 0.102 e. The van der Waals surface area contributed by atoms with Crippen molar-refractivity contribution in [1.82, 2.24) is 5.01 Å². The summed E-state index contributed by atoms with van der Waals surface area (Å²) in [5.41, 5.74) is 0. The van der Waals surface area contributed by atoms with E-state index in [9.17, 15) is 0 Å². The van der Waals surface area contributed by atoms with Crippen LogP contribution in [0.1, 0.15) is 13.3 Å². The summed E-state index contributed by atoms with van der Waals surface area (Å²) in [6.45, 7) is 2.00. The Morgan fingerprint density at radius 1 is 1.75 bits per heavy atom. The van der Waals surface area contributed by atoms with Crippen LogP contribution in [-0.2, 0) is 0 Å². The molecule has 0 aromatic carbocycles. The lowest BCUT2D eigenvalue weighted by molar-refractivity contribution is 0.560. The molecule has 3 nitrogen and oxygen atoms in total. The number of hydrogen-bond acceptors (Lipinski definition) is 2. The molecule has 0 aliphatic carbocycles. The first kappa shape index (κ1) is 7.14. The van der Waals surface area contributed by atoms with Crippen LogP contribution >= 0.6 is 0 Å². The Kier molecular flexibility index (Phi) is 3.84. The molecule has 8 heavy (non-hydrogen) atoms. The molecule has 0 aromatic rings. The van der Waals surface area contributed by atoms with Gasteiger partial charge in [0.25, 0.3) is 0 Å². The maximum atomic E-state index is 6.67. The van der Waals surface area contributed by atoms with E-state index < -0.39 is 0 Å². The molecule has 0 heterocycles. The van der Waals surface area contributed by atoms with E-state index in [2.05, 4.69) is 5.10 Å². The second-order valence-corrected chi connectivity index (χ2v) is 1.41. The predicted molar refractivity (Wildman–Crippen MR) is 35.3 cm³/mol. The minimum atomic E-state index is 0.915. The van der Waals surface area contributed by atoms with E-state index in [4.69, 9.17) is 5.41 Å². The van der Waals surface area contributed by atoms with Gasteiger partial charge in [-0.2, -0.15) is 5.10 Å². The second kappa shape index (κ2) is 4.30. The zero-order valence-electron chi connectivity index (χ0n) is 5.26. The van der Waals surface area contributed by atoms with E-state index in [1.807, 2.05) is 6.92 Å². The number of nitrogens with one attached hydrogen (secondary N) is 1. The molecule has 1 N–H and O–H groups in total. The average Bonchev–Trinajstić information content (AvgIpc) is 1.83. The van der Waals surface area contributed by atoms with E-state index in [-0.39, 0.29) is 0 Å². The van der Waals surface area contributed by atoms with E-state index in [1.165, 1.54) is 5.01 Å². The fraction of sp³-hybridized carbons (Fsp3) is 0.600. The van der Waals surface area contributed by atoms with Crippen molar-refractivity contribution in [3.8, 4) is 0 Å². The molecule has 0 saturated heterocycles. The van der Waals surface area contributed by atoms with Crippen molar-refractivity contribution in [2.45, 2.75) is 13.3 Å². The van der Waals surface area contributed by atoms with Crippen molar-refractivity contribution >= 4 is 12.6 Å². The normalized spacial score (nSPS) is 9.75. The van der Waals surface area contributed by atoms with Gasteiger partial charge < -0.3 is 0 Å². The summed E-state index contributed by atoms with van der Waals surface area (Å²) in [6.07, 6.45) is 3.83. The minimum absolute atomic E-state index is 0.915. The molecule has 0 fully saturated rings. The van der Waals surface area contributed by atoms with E-state index >= 15 is 0 Å². The molecule has 0 amide bonds. The third kappa shape index (κ3) is 3.33. The molecule has 0 radical (unpaired) electrons. The van der Waals surface area contributed by atoms with Gasteiger partial charge in [0, 0.05) is 13.3 Å². The summed E-state index contributed by atoms with van der Waals surface area (Å²) >= 11 is 0. The summed E-state index contributed by atoms with van der Waals surface area (Å²) in [5, 5.41) is 11.9. The van der Waals surface area contributed by atoms with Gasteiger partial charge in [0.15, 0.2) is 0 Å². The second-order valence-electron chi connectivity index (χ2n) is 1.41. The third-order valence-electron chi connectivity index (χ3n) is 0.633. The maximum absolute atomic E-state index is 6.67. The van der Waals surface area contributed by atoms with Crippen molar-refractivity contribution in [3.05, 3.63) is 0 Å². The standard InChI is InChI=1S/C5H11N3/c1-3-4-7-8(2)5-6/h4-6H,3H2,1-2H3/b6-5?,7-4-. The molecule has 46 valence electrons. The van der Waals surface area contributed by atoms with Gasteiger partial charge in [0.2, 0.25) is 0 Å². The Hall–Kier alpha value is -0.860. The molecule has 0 aliphatic heterocycles. The third-order valence-corrected chi connectivity index (χ3v) is 0.633. The van der Waals surface area contributed by atoms with Crippen LogP contribution in [0.3, 0.4) is 0 Å². The Labute approximate surface area is 49.5 Å². The van der Waals surface area contributed by atoms with Gasteiger partial charge in [0.1, 0.15) is 6.34 Å². The van der Waals surface area contributed by atoms with Gasteiger partial charge in [-0.05, 0) is 6.42 Å². The van der Waals surface area contributed by atoms with E-state index in [0.29, 0.717) is 0 Å². The minimum Gasteiger partial charge on any atom is -0.290 e. The Morgan fingerprint density at radius 3 is 2.75 bits per heavy atom. The first-order chi connectivity index (χ1) is 3.81. The van der Waals surface area contributed by atoms with Crippen LogP contribution in [0.4, 0.5) is 0 Å². The van der Waals surface area contributed by atoms with Gasteiger partial charge in [-0.3, -0.25) is 10.4 Å². The summed E-state index contributed by atoms with van der Waals surface area (Å²) < 4.78 is 0. The van der Waals surface area contributed by atoms with Crippen molar-refractivity contribution in [3.63, 3.8) is 0 Å². The van der Waals surface area contributed by atoms with Gasteiger partial charge in [0.05, 0.1) is 0 Å². The Bertz CT molecular complexity index is 87.7. The van der Waals surface area contributed by atoms with Gasteiger partial charge >= 0.3 is 0 Å². The van der Waals surface area contributed by atoms with Crippen LogP contribution in [-0.4, -0.2) is 24.6 Å². The molecule has 0 unspecified atom stereocenters. The summed E-state index contributed by atoms with van der Waals surface area (Å²) in [7, 11) is 1.72. The topological polar surface area (TPSA) is 39.5 Å². The highest BCUT2D eigenvalue weighted by atomic mass is 15.4. The molecule has 0 aliphatic rings. The average molecular weight is 113 g/mol. The number of rotatable bonds is 3. The molecular formula is C5H11N3. The lowest BCUT2D eigenvalue weighted by Gasteiger charge is -2.00. The lowest BCUT2D eigenvalue weighted by atomic mass is 10.6. The zero-order chi connectivity index (χ0) is 6.41. The quantitative estimate of drug-likeness (QED) is 0.330. The summed E-state index contributed by atoms with van der Waals surface area (Å²) in [4.78, 5) is 0. The molecular weight excluding hydrogens is 102 g/mol. The van der Waals surface area contributed by atoms with Crippen LogP contribution in [0.25, 0.3) is 0 Å². The molecule has 0 atom stereocenters. The Morgan fingerprint density at radius 2 is 2.38 bits per heavy atom. The van der Waals surface area contributed by atoms with E-state index in [1.54, 1.807) is 13.3 Å². The molecule has 0 rings (SSSR count). The van der Waals surface area contributed by atoms with Crippen LogP contribution in [0.2, 0.25) is 0 Å². The summed E-state index contributed by atoms with van der Waals surface area (Å²) in [5.74, 6) is 0. The molecule has 3 heteroatoms. The largest absolute Gasteiger partial charge is 0.290 e. The first-order valence-electron chi connectivity index (χ1n) is 2.57. The number of hydrazone groups is 1. The fourth-order valence-corrected chi connectivity index (χ4v) is 0.244. The van der Waals surface area contributed by atoms with E-state index in [0.717, 1.165) is 12.8 Å². The van der Waals surface area contributed by atoms with Crippen molar-refractivity contribution in [2.24, 2.45) is 5.10 Å². The van der Waals surface area contributed by atoms with Crippen LogP contribution in [0, 0.1) is 5.41 Å². The highest BCUT2D eigenvalue weighted by molar-refractivity contribution is 5.59. The van der Waals surface area contributed by atoms with Gasteiger partial charge in [-0.15, -0.1) is 0 Å². The first-order valence-corrected chi connectivity index (χ1v) is 2.57. The highest BCUT2D eigenvalue weighted by Crippen LogP contribution is 1.74. The number of nitrogens with zero attached hydrogens (tertiary/aromatic N) is 2. The number of hydrogen-bond donors (Lipinski definition) is 1. The molecule has 0 saturated carbocycles. The summed E-state index contributed by atoms with van der Waals surface area (Å²) in [6, 6.07) is 0. The molecule has 0 spiro atoms. The molecule has 0 bridgehead atoms.